The van der Waals surface area contributed by atoms with Crippen molar-refractivity contribution in [2.45, 2.75) is 18.9 Å². The average Bonchev–Trinajstić information content (AvgIpc) is 3.08. The first-order chi connectivity index (χ1) is 13.2. The van der Waals surface area contributed by atoms with Gasteiger partial charge < -0.3 is 24.2 Å². The van der Waals surface area contributed by atoms with Crippen molar-refractivity contribution in [2.24, 2.45) is 0 Å². The van der Waals surface area contributed by atoms with E-state index in [-0.39, 0.29) is 37.4 Å². The summed E-state index contributed by atoms with van der Waals surface area (Å²) in [7, 11) is 1.57. The molecule has 2 heterocycles. The first-order valence-electron chi connectivity index (χ1n) is 8.32. The number of aliphatic hydroxyl groups excluding tert-OH is 1. The fourth-order valence-electron chi connectivity index (χ4n) is 2.67. The van der Waals surface area contributed by atoms with Gasteiger partial charge in [0.2, 0.25) is 6.79 Å². The van der Waals surface area contributed by atoms with Crippen LogP contribution in [0, 0.1) is 0 Å². The number of halogens is 4. The second kappa shape index (κ2) is 8.42. The molecule has 1 aliphatic rings. The maximum Gasteiger partial charge on any atom is 0.417 e. The third-order valence-corrected chi connectivity index (χ3v) is 4.29. The second-order valence-corrected chi connectivity index (χ2v) is 6.67. The van der Waals surface area contributed by atoms with Gasteiger partial charge in [-0.1, -0.05) is 17.7 Å². The van der Waals surface area contributed by atoms with E-state index in [0.717, 1.165) is 11.6 Å². The van der Waals surface area contributed by atoms with Crippen molar-refractivity contribution in [3.8, 4) is 11.5 Å². The second-order valence-electron chi connectivity index (χ2n) is 6.26. The molecule has 1 aromatic carbocycles. The molecule has 1 aliphatic heterocycles. The smallest absolute Gasteiger partial charge is 0.417 e. The maximum atomic E-state index is 12.7. The molecule has 2 aromatic rings. The number of fused-ring (bicyclic) bond motifs is 1. The fourth-order valence-corrected chi connectivity index (χ4v) is 2.98. The van der Waals surface area contributed by atoms with Gasteiger partial charge in [-0.3, -0.25) is 0 Å². The van der Waals surface area contributed by atoms with Gasteiger partial charge in [0.15, 0.2) is 11.5 Å². The summed E-state index contributed by atoms with van der Waals surface area (Å²) in [6, 6.07) is 6.22. The molecule has 152 valence electrons. The molecule has 1 N–H and O–H groups in total. The van der Waals surface area contributed by atoms with E-state index in [4.69, 9.17) is 25.8 Å². The molecule has 28 heavy (non-hydrogen) atoms. The number of aliphatic hydroxyl groups is 1. The Morgan fingerprint density at radius 1 is 1.29 bits per heavy atom. The molecule has 6 nitrogen and oxygen atoms in total. The van der Waals surface area contributed by atoms with E-state index >= 15 is 0 Å². The van der Waals surface area contributed by atoms with Gasteiger partial charge in [-0.2, -0.15) is 13.2 Å². The number of rotatable bonds is 7. The van der Waals surface area contributed by atoms with E-state index in [2.05, 4.69) is 4.98 Å². The zero-order valence-corrected chi connectivity index (χ0v) is 15.6. The zero-order valence-electron chi connectivity index (χ0n) is 14.9. The Hall–Kier alpha value is -2.23. The molecule has 1 aromatic heterocycles. The lowest BCUT2D eigenvalue weighted by Crippen LogP contribution is -2.33. The highest BCUT2D eigenvalue weighted by Gasteiger charge is 2.32. The summed E-state index contributed by atoms with van der Waals surface area (Å²) in [6.45, 7) is 0.554. The van der Waals surface area contributed by atoms with Gasteiger partial charge in [0.25, 0.3) is 0 Å². The van der Waals surface area contributed by atoms with E-state index in [1.54, 1.807) is 19.2 Å². The largest absolute Gasteiger partial charge is 0.454 e. The highest BCUT2D eigenvalue weighted by Crippen LogP contribution is 2.34. The highest BCUT2D eigenvalue weighted by atomic mass is 35.5. The van der Waals surface area contributed by atoms with Crippen LogP contribution in [0.25, 0.3) is 0 Å². The quantitative estimate of drug-likeness (QED) is 0.742. The summed E-state index contributed by atoms with van der Waals surface area (Å²) in [5.41, 5.74) is -0.0699. The van der Waals surface area contributed by atoms with E-state index in [1.165, 1.54) is 4.90 Å². The topological polar surface area (TPSA) is 64.1 Å². The molecule has 1 atom stereocenters. The van der Waals surface area contributed by atoms with E-state index in [1.807, 2.05) is 6.07 Å². The summed E-state index contributed by atoms with van der Waals surface area (Å²) in [5, 5.41) is 9.98. The fraction of sp³-hybridized carbons (Fsp3) is 0.389. The average molecular weight is 419 g/mol. The summed E-state index contributed by atoms with van der Waals surface area (Å²) < 4.78 is 54.1. The monoisotopic (exact) mass is 418 g/mol. The van der Waals surface area contributed by atoms with Gasteiger partial charge in [0, 0.05) is 19.8 Å². The van der Waals surface area contributed by atoms with Crippen molar-refractivity contribution in [3.63, 3.8) is 0 Å². The van der Waals surface area contributed by atoms with Crippen LogP contribution in [0.1, 0.15) is 11.1 Å². The van der Waals surface area contributed by atoms with Crippen LogP contribution in [0.2, 0.25) is 5.02 Å². The predicted octanol–water partition coefficient (Wildman–Crippen LogP) is 3.50. The Kier molecular flexibility index (Phi) is 6.17. The Morgan fingerprint density at radius 3 is 2.75 bits per heavy atom. The number of hydrogen-bond acceptors (Lipinski definition) is 6. The Labute approximate surface area is 164 Å². The zero-order chi connectivity index (χ0) is 20.3. The molecule has 0 fully saturated rings. The van der Waals surface area contributed by atoms with Crippen molar-refractivity contribution in [3.05, 3.63) is 46.6 Å². The third kappa shape index (κ3) is 4.98. The molecule has 10 heteroatoms. The van der Waals surface area contributed by atoms with E-state index in [9.17, 15) is 18.3 Å². The van der Waals surface area contributed by atoms with Gasteiger partial charge in [-0.15, -0.1) is 0 Å². The minimum atomic E-state index is -4.52. The number of nitrogens with zero attached hydrogens (tertiary/aromatic N) is 2. The SMILES string of the molecule is CN(C[C@@H](O)COCc1ccc2c(c1)OCO2)c1ncc(C(F)(F)F)cc1Cl. The lowest BCUT2D eigenvalue weighted by Gasteiger charge is -2.23. The van der Waals surface area contributed by atoms with Crippen LogP contribution >= 0.6 is 11.6 Å². The van der Waals surface area contributed by atoms with Crippen LogP contribution in [0.5, 0.6) is 11.5 Å². The summed E-state index contributed by atoms with van der Waals surface area (Å²) in [6.07, 6.45) is -4.70. The van der Waals surface area contributed by atoms with Crippen LogP contribution in [0.3, 0.4) is 0 Å². The summed E-state index contributed by atoms with van der Waals surface area (Å²) in [5.74, 6) is 1.46. The molecule has 0 aliphatic carbocycles. The Bertz CT molecular complexity index is 835. The molecular formula is C18H18ClF3N2O4. The van der Waals surface area contributed by atoms with Gasteiger partial charge in [-0.25, -0.2) is 4.98 Å². The molecule has 0 radical (unpaired) electrons. The Morgan fingerprint density at radius 2 is 2.04 bits per heavy atom. The van der Waals surface area contributed by atoms with Crippen LogP contribution in [-0.4, -0.2) is 43.2 Å². The van der Waals surface area contributed by atoms with Crippen LogP contribution in [0.15, 0.2) is 30.5 Å². The predicted molar refractivity (Wildman–Crippen MR) is 95.7 cm³/mol. The number of hydrogen-bond donors (Lipinski definition) is 1. The van der Waals surface area contributed by atoms with E-state index in [0.29, 0.717) is 17.7 Å². The number of ether oxygens (including phenoxy) is 3. The molecule has 0 saturated heterocycles. The molecule has 0 bridgehead atoms. The lowest BCUT2D eigenvalue weighted by molar-refractivity contribution is -0.137. The van der Waals surface area contributed by atoms with Gasteiger partial charge in [0.05, 0.1) is 29.9 Å². The first-order valence-corrected chi connectivity index (χ1v) is 8.70. The molecule has 0 amide bonds. The number of likely N-dealkylation sites (N-methyl/N-ethyl adjacent to an activating group) is 1. The minimum absolute atomic E-state index is 0.0248. The third-order valence-electron chi connectivity index (χ3n) is 4.01. The lowest BCUT2D eigenvalue weighted by atomic mass is 10.2. The highest BCUT2D eigenvalue weighted by molar-refractivity contribution is 6.33. The minimum Gasteiger partial charge on any atom is -0.454 e. The molecule has 0 saturated carbocycles. The van der Waals surface area contributed by atoms with Crippen LogP contribution < -0.4 is 14.4 Å². The summed E-state index contributed by atoms with van der Waals surface area (Å²) in [4.78, 5) is 5.22. The van der Waals surface area contributed by atoms with Crippen molar-refractivity contribution in [1.82, 2.24) is 4.98 Å². The molecule has 0 spiro atoms. The van der Waals surface area contributed by atoms with Crippen molar-refractivity contribution in [2.75, 3.05) is 31.9 Å². The Balaban J connectivity index is 1.50. The number of aromatic nitrogens is 1. The molecule has 3 rings (SSSR count). The maximum absolute atomic E-state index is 12.7. The number of anilines is 1. The van der Waals surface area contributed by atoms with E-state index < -0.39 is 17.8 Å². The van der Waals surface area contributed by atoms with Crippen molar-refractivity contribution in [1.29, 1.82) is 0 Å². The molecule has 0 unspecified atom stereocenters. The number of pyridine rings is 1. The first kappa shape index (κ1) is 20.5. The normalized spacial score (nSPS) is 14.2. The van der Waals surface area contributed by atoms with Gasteiger partial charge >= 0.3 is 6.18 Å². The summed E-state index contributed by atoms with van der Waals surface area (Å²) >= 11 is 5.91. The van der Waals surface area contributed by atoms with Crippen molar-refractivity contribution >= 4 is 17.4 Å². The van der Waals surface area contributed by atoms with Crippen LogP contribution in [-0.2, 0) is 17.5 Å². The van der Waals surface area contributed by atoms with Crippen LogP contribution in [0.4, 0.5) is 19.0 Å². The van der Waals surface area contributed by atoms with Gasteiger partial charge in [-0.05, 0) is 23.8 Å². The standard InChI is InChI=1S/C18H18ClF3N2O4/c1-24(17-14(19)5-12(6-23-17)18(20,21)22)7-13(25)9-26-8-11-2-3-15-16(4-11)28-10-27-15/h2-6,13,25H,7-10H2,1H3/t13-/m1/s1. The number of benzene rings is 1. The molecular weight excluding hydrogens is 401 g/mol. The van der Waals surface area contributed by atoms with Gasteiger partial charge in [0.1, 0.15) is 5.82 Å². The van der Waals surface area contributed by atoms with Crippen molar-refractivity contribution < 1.29 is 32.5 Å². The number of alkyl halides is 3.